The second kappa shape index (κ2) is 10.8. The summed E-state index contributed by atoms with van der Waals surface area (Å²) in [5.41, 5.74) is 0.0419. The normalized spacial score (nSPS) is 18.0. The van der Waals surface area contributed by atoms with Crippen molar-refractivity contribution in [3.05, 3.63) is 65.1 Å². The molecule has 216 valence electrons. The van der Waals surface area contributed by atoms with Gasteiger partial charge in [-0.2, -0.15) is 13.2 Å². The van der Waals surface area contributed by atoms with Gasteiger partial charge in [-0.15, -0.1) is 10.2 Å². The minimum absolute atomic E-state index is 0.122. The summed E-state index contributed by atoms with van der Waals surface area (Å²) in [7, 11) is -3.50. The molecule has 2 atom stereocenters. The van der Waals surface area contributed by atoms with Gasteiger partial charge < -0.3 is 14.6 Å². The fourth-order valence-electron chi connectivity index (χ4n) is 4.77. The molecule has 1 fully saturated rings. The Hall–Kier alpha value is -3.91. The summed E-state index contributed by atoms with van der Waals surface area (Å²) < 4.78 is 72.4. The van der Waals surface area contributed by atoms with E-state index in [1.807, 2.05) is 0 Å². The number of likely N-dealkylation sites (tertiary alicyclic amines) is 1. The molecule has 5 rings (SSSR count). The van der Waals surface area contributed by atoms with Crippen LogP contribution in [0.15, 0.2) is 52.9 Å². The number of sulfonamides is 1. The quantitative estimate of drug-likeness (QED) is 0.308. The maximum Gasteiger partial charge on any atom is 0.433 e. The van der Waals surface area contributed by atoms with Crippen molar-refractivity contribution >= 4 is 49.8 Å². The molecule has 2 aromatic carbocycles. The zero-order chi connectivity index (χ0) is 29.5. The molecule has 10 nitrogen and oxygen atoms in total. The summed E-state index contributed by atoms with van der Waals surface area (Å²) in [6.45, 7) is 1.90. The first-order valence-corrected chi connectivity index (χ1v) is 14.6. The second-order valence-corrected chi connectivity index (χ2v) is 12.0. The van der Waals surface area contributed by atoms with Crippen LogP contribution in [-0.2, 0) is 21.0 Å². The number of carbonyl (C=O) groups is 1. The number of pyridine rings is 1. The first kappa shape index (κ1) is 28.6. The van der Waals surface area contributed by atoms with Gasteiger partial charge in [0.15, 0.2) is 0 Å². The van der Waals surface area contributed by atoms with Crippen LogP contribution in [-0.4, -0.2) is 59.8 Å². The third-order valence-electron chi connectivity index (χ3n) is 6.52. The summed E-state index contributed by atoms with van der Waals surface area (Å²) in [5, 5.41) is 12.2. The molecule has 0 bridgehead atoms. The molecular formula is C26H24ClF3N6O4S. The van der Waals surface area contributed by atoms with Crippen LogP contribution in [0.5, 0.6) is 0 Å². The van der Waals surface area contributed by atoms with Crippen molar-refractivity contribution < 1.29 is 30.8 Å². The molecule has 1 aliphatic heterocycles. The van der Waals surface area contributed by atoms with Gasteiger partial charge in [0.1, 0.15) is 5.69 Å². The second-order valence-electron chi connectivity index (χ2n) is 9.81. The van der Waals surface area contributed by atoms with Gasteiger partial charge in [-0.3, -0.25) is 9.52 Å². The largest absolute Gasteiger partial charge is 0.433 e. The van der Waals surface area contributed by atoms with Gasteiger partial charge in [0.25, 0.3) is 0 Å². The van der Waals surface area contributed by atoms with E-state index < -0.39 is 33.9 Å². The van der Waals surface area contributed by atoms with Crippen LogP contribution in [0.4, 0.5) is 24.5 Å². The number of hydrogen-bond donors (Lipinski definition) is 2. The van der Waals surface area contributed by atoms with Crippen molar-refractivity contribution in [3.63, 3.8) is 0 Å². The number of anilines is 2. The minimum atomic E-state index is -4.67. The average molecular weight is 609 g/mol. The molecule has 3 heterocycles. The number of fused-ring (bicyclic) bond motifs is 1. The third kappa shape index (κ3) is 6.70. The molecule has 41 heavy (non-hydrogen) atoms. The van der Waals surface area contributed by atoms with Crippen LogP contribution in [0.1, 0.15) is 30.8 Å². The number of benzene rings is 2. The lowest BCUT2D eigenvalue weighted by molar-refractivity contribution is -0.140. The number of amides is 1. The van der Waals surface area contributed by atoms with Crippen molar-refractivity contribution in [1.82, 2.24) is 20.1 Å². The molecule has 0 unspecified atom stereocenters. The van der Waals surface area contributed by atoms with E-state index in [-0.39, 0.29) is 42.0 Å². The molecule has 2 N–H and O–H groups in total. The van der Waals surface area contributed by atoms with E-state index in [4.69, 9.17) is 16.0 Å². The van der Waals surface area contributed by atoms with Crippen LogP contribution in [0.3, 0.4) is 0 Å². The summed E-state index contributed by atoms with van der Waals surface area (Å²) >= 11 is 6.13. The lowest BCUT2D eigenvalue weighted by Crippen LogP contribution is -2.47. The van der Waals surface area contributed by atoms with Crippen molar-refractivity contribution in [2.45, 2.75) is 31.5 Å². The summed E-state index contributed by atoms with van der Waals surface area (Å²) in [5.74, 6) is -0.272. The predicted octanol–water partition coefficient (Wildman–Crippen LogP) is 5.15. The Morgan fingerprint density at radius 1 is 1.12 bits per heavy atom. The van der Waals surface area contributed by atoms with Crippen LogP contribution < -0.4 is 10.0 Å². The fourth-order valence-corrected chi connectivity index (χ4v) is 5.50. The van der Waals surface area contributed by atoms with Gasteiger partial charge in [-0.1, -0.05) is 17.7 Å². The van der Waals surface area contributed by atoms with Gasteiger partial charge in [0, 0.05) is 53.4 Å². The third-order valence-corrected chi connectivity index (χ3v) is 7.36. The number of alkyl halides is 3. The number of aromatic nitrogens is 3. The molecular weight excluding hydrogens is 585 g/mol. The number of nitrogens with zero attached hydrogens (tertiary/aromatic N) is 4. The lowest BCUT2D eigenvalue weighted by Gasteiger charge is -2.37. The average Bonchev–Trinajstić information content (AvgIpc) is 3.38. The van der Waals surface area contributed by atoms with E-state index in [9.17, 15) is 26.4 Å². The Morgan fingerprint density at radius 3 is 2.61 bits per heavy atom. The molecule has 1 saturated heterocycles. The van der Waals surface area contributed by atoms with Crippen molar-refractivity contribution in [3.8, 4) is 11.5 Å². The minimum Gasteiger partial charge on any atom is -0.420 e. The highest BCUT2D eigenvalue weighted by atomic mass is 35.5. The number of rotatable bonds is 6. The molecule has 0 radical (unpaired) electrons. The Bertz CT molecular complexity index is 1730. The zero-order valence-corrected chi connectivity index (χ0v) is 23.3. The SMILES string of the molecule is CC(=O)N1C[C@H](Nc2cc(C(F)(F)F)nc3ccc(Cl)cc23)C[C@H](c2nnc(-c3cccc(NS(C)(=O)=O)c3)o2)C1. The fraction of sp³-hybridized carbons (Fsp3) is 0.308. The Balaban J connectivity index is 1.44. The summed E-state index contributed by atoms with van der Waals surface area (Å²) in [6, 6.07) is 11.3. The van der Waals surface area contributed by atoms with Gasteiger partial charge in [-0.25, -0.2) is 13.4 Å². The topological polar surface area (TPSA) is 130 Å². The standard InChI is InChI=1S/C26H24ClF3N6O4S/c1-14(37)36-12-16(25-34-33-24(40-25)15-4-3-5-18(8-15)35-41(2,38)39)9-19(13-36)31-22-11-23(26(28,29)30)32-21-7-6-17(27)10-20(21)22/h3-8,10-11,16,19,35H,9,12-13H2,1-2H3,(H,31,32)/t16-,19+/m0/s1. The Labute approximate surface area is 238 Å². The monoisotopic (exact) mass is 608 g/mol. The van der Waals surface area contributed by atoms with E-state index in [1.54, 1.807) is 29.2 Å². The highest BCUT2D eigenvalue weighted by molar-refractivity contribution is 7.92. The zero-order valence-electron chi connectivity index (χ0n) is 21.7. The molecule has 4 aromatic rings. The molecule has 1 amide bonds. The van der Waals surface area contributed by atoms with Crippen LogP contribution in [0.25, 0.3) is 22.4 Å². The van der Waals surface area contributed by atoms with E-state index >= 15 is 0 Å². The van der Waals surface area contributed by atoms with Crippen molar-refractivity contribution in [2.24, 2.45) is 0 Å². The van der Waals surface area contributed by atoms with E-state index in [2.05, 4.69) is 25.2 Å². The number of hydrogen-bond acceptors (Lipinski definition) is 8. The van der Waals surface area contributed by atoms with Gasteiger partial charge in [0.05, 0.1) is 17.7 Å². The lowest BCUT2D eigenvalue weighted by atomic mass is 9.93. The molecule has 0 spiro atoms. The van der Waals surface area contributed by atoms with Gasteiger partial charge in [0.2, 0.25) is 27.7 Å². The maximum absolute atomic E-state index is 13.6. The number of carbonyl (C=O) groups excluding carboxylic acids is 1. The van der Waals surface area contributed by atoms with Crippen molar-refractivity contribution in [2.75, 3.05) is 29.4 Å². The molecule has 0 aliphatic carbocycles. The van der Waals surface area contributed by atoms with E-state index in [0.717, 1.165) is 12.3 Å². The van der Waals surface area contributed by atoms with Crippen LogP contribution >= 0.6 is 11.6 Å². The summed E-state index contributed by atoms with van der Waals surface area (Å²) in [6.07, 6.45) is -3.27. The smallest absolute Gasteiger partial charge is 0.420 e. The Morgan fingerprint density at radius 2 is 1.90 bits per heavy atom. The van der Waals surface area contributed by atoms with Crippen LogP contribution in [0, 0.1) is 0 Å². The number of piperidine rings is 1. The van der Waals surface area contributed by atoms with E-state index in [1.165, 1.54) is 25.1 Å². The highest BCUT2D eigenvalue weighted by Gasteiger charge is 2.36. The first-order chi connectivity index (χ1) is 19.2. The molecule has 15 heteroatoms. The molecule has 0 saturated carbocycles. The number of nitrogens with one attached hydrogen (secondary N) is 2. The van der Waals surface area contributed by atoms with Gasteiger partial charge in [-0.05, 0) is 48.9 Å². The maximum atomic E-state index is 13.6. The molecule has 2 aromatic heterocycles. The number of halogens is 4. The summed E-state index contributed by atoms with van der Waals surface area (Å²) in [4.78, 5) is 17.7. The van der Waals surface area contributed by atoms with Gasteiger partial charge >= 0.3 is 6.18 Å². The predicted molar refractivity (Wildman–Crippen MR) is 147 cm³/mol. The Kier molecular flexibility index (Phi) is 7.55. The van der Waals surface area contributed by atoms with E-state index in [0.29, 0.717) is 28.1 Å². The van der Waals surface area contributed by atoms with Crippen molar-refractivity contribution in [1.29, 1.82) is 0 Å². The first-order valence-electron chi connectivity index (χ1n) is 12.4. The highest BCUT2D eigenvalue weighted by Crippen LogP contribution is 2.36. The molecule has 1 aliphatic rings. The van der Waals surface area contributed by atoms with Crippen LogP contribution in [0.2, 0.25) is 5.02 Å².